The van der Waals surface area contributed by atoms with Crippen LogP contribution in [0.4, 0.5) is 0 Å². The van der Waals surface area contributed by atoms with Gasteiger partial charge in [0.1, 0.15) is 18.2 Å². The number of ether oxygens (including phenoxy) is 1. The van der Waals surface area contributed by atoms with Crippen molar-refractivity contribution >= 4 is 28.5 Å². The summed E-state index contributed by atoms with van der Waals surface area (Å²) < 4.78 is 8.02. The second-order valence-corrected chi connectivity index (χ2v) is 6.68. The van der Waals surface area contributed by atoms with Crippen molar-refractivity contribution in [3.8, 4) is 5.75 Å². The molecule has 0 aliphatic heterocycles. The quantitative estimate of drug-likeness (QED) is 0.712. The zero-order valence-electron chi connectivity index (χ0n) is 15.2. The second-order valence-electron chi connectivity index (χ2n) is 6.30. The van der Waals surface area contributed by atoms with Gasteiger partial charge >= 0.3 is 0 Å². The predicted molar refractivity (Wildman–Crippen MR) is 104 cm³/mol. The number of nitrogens with one attached hydrogen (secondary N) is 1. The molecule has 0 aliphatic carbocycles. The van der Waals surface area contributed by atoms with Gasteiger partial charge in [-0.05, 0) is 49.2 Å². The Kier molecular flexibility index (Phi) is 5.47. The molecule has 3 aromatic rings. The maximum Gasteiger partial charge on any atom is 0.217 e. The minimum Gasteiger partial charge on any atom is -0.492 e. The van der Waals surface area contributed by atoms with Crippen molar-refractivity contribution in [3.05, 3.63) is 58.4 Å². The Labute approximate surface area is 157 Å². The number of imidazole rings is 1. The number of nitrogens with zero attached hydrogens (tertiary/aromatic N) is 2. The lowest BCUT2D eigenvalue weighted by molar-refractivity contribution is -0.119. The number of amides is 1. The van der Waals surface area contributed by atoms with Crippen LogP contribution in [0.5, 0.6) is 5.75 Å². The third-order valence-corrected chi connectivity index (χ3v) is 4.82. The second kappa shape index (κ2) is 7.79. The molecule has 0 unspecified atom stereocenters. The fourth-order valence-corrected chi connectivity index (χ4v) is 3.07. The highest BCUT2D eigenvalue weighted by Crippen LogP contribution is 2.26. The Balaban J connectivity index is 1.77. The van der Waals surface area contributed by atoms with Crippen molar-refractivity contribution in [1.82, 2.24) is 14.9 Å². The summed E-state index contributed by atoms with van der Waals surface area (Å²) in [4.78, 5) is 15.9. The lowest BCUT2D eigenvalue weighted by atomic mass is 10.1. The number of hydrogen-bond donors (Lipinski definition) is 1. The number of benzene rings is 2. The Morgan fingerprint density at radius 3 is 2.62 bits per heavy atom. The summed E-state index contributed by atoms with van der Waals surface area (Å²) in [6.07, 6.45) is 0. The van der Waals surface area contributed by atoms with Crippen molar-refractivity contribution in [2.24, 2.45) is 0 Å². The van der Waals surface area contributed by atoms with E-state index < -0.39 is 0 Å². The van der Waals surface area contributed by atoms with Gasteiger partial charge < -0.3 is 14.6 Å². The van der Waals surface area contributed by atoms with E-state index in [0.29, 0.717) is 19.7 Å². The van der Waals surface area contributed by atoms with Gasteiger partial charge in [-0.3, -0.25) is 4.79 Å². The van der Waals surface area contributed by atoms with Crippen LogP contribution in [0.25, 0.3) is 11.0 Å². The van der Waals surface area contributed by atoms with Crippen LogP contribution in [0.3, 0.4) is 0 Å². The molecule has 1 aromatic heterocycles. The highest BCUT2D eigenvalue weighted by Gasteiger charge is 2.11. The van der Waals surface area contributed by atoms with Crippen molar-refractivity contribution in [3.63, 3.8) is 0 Å². The van der Waals surface area contributed by atoms with E-state index in [1.165, 1.54) is 6.92 Å². The first-order valence-corrected chi connectivity index (χ1v) is 8.91. The first kappa shape index (κ1) is 18.3. The molecule has 136 valence electrons. The number of halogens is 1. The molecule has 0 aliphatic rings. The number of hydrogen-bond acceptors (Lipinski definition) is 3. The molecule has 0 spiro atoms. The summed E-state index contributed by atoms with van der Waals surface area (Å²) in [6.45, 7) is 6.96. The number of fused-ring (bicyclic) bond motifs is 1. The fourth-order valence-electron chi connectivity index (χ4n) is 2.96. The minimum absolute atomic E-state index is 0.0769. The van der Waals surface area contributed by atoms with E-state index in [9.17, 15) is 4.79 Å². The zero-order chi connectivity index (χ0) is 18.7. The molecule has 0 saturated heterocycles. The van der Waals surface area contributed by atoms with Gasteiger partial charge in [-0.1, -0.05) is 23.7 Å². The van der Waals surface area contributed by atoms with Crippen molar-refractivity contribution in [2.75, 3.05) is 6.61 Å². The molecule has 0 atom stereocenters. The molecule has 3 rings (SSSR count). The molecule has 26 heavy (non-hydrogen) atoms. The van der Waals surface area contributed by atoms with E-state index >= 15 is 0 Å². The van der Waals surface area contributed by atoms with Crippen LogP contribution in [0.1, 0.15) is 23.9 Å². The van der Waals surface area contributed by atoms with E-state index in [4.69, 9.17) is 16.3 Å². The van der Waals surface area contributed by atoms with Gasteiger partial charge in [-0.25, -0.2) is 4.98 Å². The van der Waals surface area contributed by atoms with E-state index in [2.05, 4.69) is 14.9 Å². The fraction of sp³-hybridized carbons (Fsp3) is 0.300. The van der Waals surface area contributed by atoms with Gasteiger partial charge in [0.15, 0.2) is 0 Å². The van der Waals surface area contributed by atoms with Gasteiger partial charge in [0.05, 0.1) is 24.1 Å². The monoisotopic (exact) mass is 371 g/mol. The Morgan fingerprint density at radius 2 is 1.92 bits per heavy atom. The molecule has 1 N–H and O–H groups in total. The summed E-state index contributed by atoms with van der Waals surface area (Å²) in [5.74, 6) is 1.54. The van der Waals surface area contributed by atoms with E-state index in [1.807, 2.05) is 50.2 Å². The Hall–Kier alpha value is -2.53. The van der Waals surface area contributed by atoms with Crippen molar-refractivity contribution in [1.29, 1.82) is 0 Å². The van der Waals surface area contributed by atoms with Crippen LogP contribution in [0, 0.1) is 13.8 Å². The topological polar surface area (TPSA) is 56.2 Å². The normalized spacial score (nSPS) is 10.9. The molecular weight excluding hydrogens is 350 g/mol. The molecular formula is C20H22ClN3O2. The number of aromatic nitrogens is 2. The van der Waals surface area contributed by atoms with Crippen LogP contribution in [0.15, 0.2) is 36.4 Å². The van der Waals surface area contributed by atoms with Crippen LogP contribution in [-0.2, 0) is 17.9 Å². The van der Waals surface area contributed by atoms with Gasteiger partial charge in [0.25, 0.3) is 0 Å². The minimum atomic E-state index is -0.0769. The summed E-state index contributed by atoms with van der Waals surface area (Å²) in [6, 6.07) is 11.8. The molecule has 1 heterocycles. The van der Waals surface area contributed by atoms with Crippen LogP contribution in [0.2, 0.25) is 5.02 Å². The molecule has 0 saturated carbocycles. The van der Waals surface area contributed by atoms with Crippen LogP contribution >= 0.6 is 11.6 Å². The average molecular weight is 372 g/mol. The maximum atomic E-state index is 11.3. The Morgan fingerprint density at radius 1 is 1.23 bits per heavy atom. The molecule has 5 nitrogen and oxygen atoms in total. The van der Waals surface area contributed by atoms with Crippen molar-refractivity contribution in [2.45, 2.75) is 33.9 Å². The third kappa shape index (κ3) is 3.99. The standard InChI is InChI=1S/C20H22ClN3O2/c1-13-10-16(11-14(2)20(13)21)26-9-8-24-18-7-5-4-6-17(18)23-19(24)12-22-15(3)25/h4-7,10-11H,8-9,12H2,1-3H3,(H,22,25). The molecule has 1 amide bonds. The number of carbonyl (C=O) groups excluding carboxylic acids is 1. The predicted octanol–water partition coefficient (Wildman–Crippen LogP) is 4.02. The maximum absolute atomic E-state index is 11.3. The van der Waals surface area contributed by atoms with Gasteiger partial charge in [0, 0.05) is 11.9 Å². The van der Waals surface area contributed by atoms with E-state index in [1.54, 1.807) is 0 Å². The third-order valence-electron chi connectivity index (χ3n) is 4.22. The van der Waals surface area contributed by atoms with Gasteiger partial charge in [0.2, 0.25) is 5.91 Å². The molecule has 6 heteroatoms. The summed E-state index contributed by atoms with van der Waals surface area (Å²) in [5.41, 5.74) is 3.94. The number of para-hydroxylation sites is 2. The average Bonchev–Trinajstić information content (AvgIpc) is 2.95. The van der Waals surface area contributed by atoms with Gasteiger partial charge in [-0.2, -0.15) is 0 Å². The van der Waals surface area contributed by atoms with Crippen LogP contribution < -0.4 is 10.1 Å². The number of rotatable bonds is 6. The van der Waals surface area contributed by atoms with Crippen LogP contribution in [-0.4, -0.2) is 22.1 Å². The smallest absolute Gasteiger partial charge is 0.217 e. The van der Waals surface area contributed by atoms with Gasteiger partial charge in [-0.15, -0.1) is 0 Å². The van der Waals surface area contributed by atoms with Crippen molar-refractivity contribution < 1.29 is 9.53 Å². The summed E-state index contributed by atoms with van der Waals surface area (Å²) in [7, 11) is 0. The lowest BCUT2D eigenvalue weighted by Gasteiger charge is -2.13. The highest BCUT2D eigenvalue weighted by molar-refractivity contribution is 6.32. The zero-order valence-corrected chi connectivity index (χ0v) is 15.9. The SMILES string of the molecule is CC(=O)NCc1nc2ccccc2n1CCOc1cc(C)c(Cl)c(C)c1. The summed E-state index contributed by atoms with van der Waals surface area (Å²) >= 11 is 6.21. The Bertz CT molecular complexity index is 926. The highest BCUT2D eigenvalue weighted by atomic mass is 35.5. The first-order chi connectivity index (χ1) is 12.5. The molecule has 2 aromatic carbocycles. The summed E-state index contributed by atoms with van der Waals surface area (Å²) in [5, 5.41) is 3.59. The number of carbonyl (C=O) groups is 1. The lowest BCUT2D eigenvalue weighted by Crippen LogP contribution is -2.22. The number of aryl methyl sites for hydroxylation is 2. The molecule has 0 bridgehead atoms. The first-order valence-electron chi connectivity index (χ1n) is 8.54. The molecule has 0 radical (unpaired) electrons. The largest absolute Gasteiger partial charge is 0.492 e. The van der Waals surface area contributed by atoms with E-state index in [-0.39, 0.29) is 5.91 Å². The molecule has 0 fully saturated rings. The van der Waals surface area contributed by atoms with E-state index in [0.717, 1.165) is 38.8 Å².